The summed E-state index contributed by atoms with van der Waals surface area (Å²) in [5.74, 6) is -0.523. The van der Waals surface area contributed by atoms with Crippen molar-refractivity contribution in [3.05, 3.63) is 60.8 Å². The highest BCUT2D eigenvalue weighted by molar-refractivity contribution is 5.77. The predicted molar refractivity (Wildman–Crippen MR) is 259 cm³/mol. The van der Waals surface area contributed by atoms with E-state index in [2.05, 4.69) is 86.8 Å². The number of aliphatic hydroxyl groups is 2. The van der Waals surface area contributed by atoms with E-state index in [-0.39, 0.29) is 24.9 Å². The van der Waals surface area contributed by atoms with Gasteiger partial charge in [-0.2, -0.15) is 0 Å². The highest BCUT2D eigenvalue weighted by Gasteiger charge is 2.24. The number of allylic oxidation sites excluding steroid dienone is 10. The predicted octanol–water partition coefficient (Wildman–Crippen LogP) is 15.2. The Kier molecular flexibility index (Phi) is 45.7. The summed E-state index contributed by atoms with van der Waals surface area (Å²) in [5.41, 5.74) is 0. The maximum absolute atomic E-state index is 13.2. The van der Waals surface area contributed by atoms with Gasteiger partial charge >= 0.3 is 5.97 Å². The van der Waals surface area contributed by atoms with Gasteiger partial charge in [-0.25, -0.2) is 0 Å². The van der Waals surface area contributed by atoms with Crippen molar-refractivity contribution in [1.29, 1.82) is 0 Å². The summed E-state index contributed by atoms with van der Waals surface area (Å²) >= 11 is 0. The molecule has 6 heteroatoms. The summed E-state index contributed by atoms with van der Waals surface area (Å²) in [4.78, 5) is 26.1. The number of unbranched alkanes of at least 4 members (excludes halogenated alkanes) is 26. The van der Waals surface area contributed by atoms with Gasteiger partial charge in [0.25, 0.3) is 0 Å². The zero-order chi connectivity index (χ0) is 43.8. The van der Waals surface area contributed by atoms with Crippen LogP contribution in [0.3, 0.4) is 0 Å². The second kappa shape index (κ2) is 47.6. The molecular weight excluding hydrogens is 743 g/mol. The van der Waals surface area contributed by atoms with Gasteiger partial charge in [0.1, 0.15) is 6.10 Å². The van der Waals surface area contributed by atoms with Gasteiger partial charge in [-0.05, 0) is 70.6 Å². The van der Waals surface area contributed by atoms with Crippen molar-refractivity contribution < 1.29 is 24.5 Å². The third kappa shape index (κ3) is 42.3. The molecule has 0 aromatic rings. The van der Waals surface area contributed by atoms with Gasteiger partial charge in [-0.15, -0.1) is 0 Å². The number of esters is 1. The molecule has 0 aliphatic rings. The minimum atomic E-state index is -0.799. The van der Waals surface area contributed by atoms with Gasteiger partial charge < -0.3 is 20.3 Å². The van der Waals surface area contributed by atoms with Crippen LogP contribution in [0.1, 0.15) is 245 Å². The normalized spacial score (nSPS) is 13.8. The number of hydrogen-bond donors (Lipinski definition) is 3. The summed E-state index contributed by atoms with van der Waals surface area (Å²) in [7, 11) is 0. The summed E-state index contributed by atoms with van der Waals surface area (Å²) in [6, 6.07) is -0.715. The molecule has 0 aliphatic carbocycles. The standard InChI is InChI=1S/C54H97NO5/c1-4-7-10-13-16-19-22-25-26-27-29-30-33-36-39-42-45-50(60-54(59)47-44-41-38-35-32-28-23-20-17-14-11-8-5-2)48-53(58)55-51(49-56)52(57)46-43-40-37-34-31-24-21-18-15-12-9-6-3/h8,11,14,17,20,23,26-27,29-30,50-52,56-57H,4-7,9-10,12-13,15-16,18-19,21-22,24-25,28,31-49H2,1-3H3,(H,55,58)/b11-8+,17-14+,23-20-,27-26+,30-29+. The van der Waals surface area contributed by atoms with Crippen LogP contribution in [0.15, 0.2) is 60.8 Å². The molecule has 1 amide bonds. The summed E-state index contributed by atoms with van der Waals surface area (Å²) in [6.07, 6.45) is 58.5. The molecule has 3 atom stereocenters. The van der Waals surface area contributed by atoms with E-state index in [0.29, 0.717) is 19.3 Å². The number of nitrogens with one attached hydrogen (secondary N) is 1. The molecule has 60 heavy (non-hydrogen) atoms. The first kappa shape index (κ1) is 57.6. The number of carbonyl (C=O) groups is 2. The molecular formula is C54H97NO5. The van der Waals surface area contributed by atoms with Crippen LogP contribution in [-0.2, 0) is 14.3 Å². The second-order valence-corrected chi connectivity index (χ2v) is 17.3. The maximum atomic E-state index is 13.2. The zero-order valence-corrected chi connectivity index (χ0v) is 39.6. The average Bonchev–Trinajstić information content (AvgIpc) is 3.24. The average molecular weight is 840 g/mol. The fourth-order valence-corrected chi connectivity index (χ4v) is 7.54. The number of amides is 1. The fourth-order valence-electron chi connectivity index (χ4n) is 7.54. The lowest BCUT2D eigenvalue weighted by atomic mass is 10.0. The van der Waals surface area contributed by atoms with E-state index >= 15 is 0 Å². The quantitative estimate of drug-likeness (QED) is 0.0322. The summed E-state index contributed by atoms with van der Waals surface area (Å²) in [5, 5.41) is 23.7. The van der Waals surface area contributed by atoms with Gasteiger partial charge in [-0.3, -0.25) is 9.59 Å². The Morgan fingerprint density at radius 2 is 0.900 bits per heavy atom. The van der Waals surface area contributed by atoms with Crippen LogP contribution in [0.25, 0.3) is 0 Å². The Morgan fingerprint density at radius 3 is 1.38 bits per heavy atom. The number of carbonyl (C=O) groups excluding carboxylic acids is 2. The van der Waals surface area contributed by atoms with Crippen LogP contribution in [0.4, 0.5) is 0 Å². The molecule has 0 saturated carbocycles. The molecule has 0 aliphatic heterocycles. The van der Waals surface area contributed by atoms with Gasteiger partial charge in [0.2, 0.25) is 5.91 Å². The van der Waals surface area contributed by atoms with E-state index in [1.165, 1.54) is 103 Å². The van der Waals surface area contributed by atoms with Crippen LogP contribution < -0.4 is 5.32 Å². The number of aliphatic hydroxyl groups excluding tert-OH is 2. The SMILES string of the molecule is CC/C=C/C=C/C=C\CCCCCCCC(=O)OC(CCCCC/C=C/C=C/CCCCCCCCC)CC(=O)NC(CO)C(O)CCCCCCCCCCCCCC. The van der Waals surface area contributed by atoms with E-state index in [1.807, 2.05) is 0 Å². The summed E-state index contributed by atoms with van der Waals surface area (Å²) < 4.78 is 5.91. The highest BCUT2D eigenvalue weighted by Crippen LogP contribution is 2.17. The van der Waals surface area contributed by atoms with Crippen molar-refractivity contribution in [1.82, 2.24) is 5.32 Å². The second-order valence-electron chi connectivity index (χ2n) is 17.3. The molecule has 6 nitrogen and oxygen atoms in total. The molecule has 0 saturated heterocycles. The van der Waals surface area contributed by atoms with Gasteiger partial charge in [0, 0.05) is 6.42 Å². The van der Waals surface area contributed by atoms with Crippen LogP contribution in [-0.4, -0.2) is 46.9 Å². The van der Waals surface area contributed by atoms with Gasteiger partial charge in [0.05, 0.1) is 25.2 Å². The lowest BCUT2D eigenvalue weighted by Crippen LogP contribution is -2.46. The minimum absolute atomic E-state index is 0.0502. The molecule has 3 unspecified atom stereocenters. The smallest absolute Gasteiger partial charge is 0.306 e. The Balaban J connectivity index is 4.67. The molecule has 0 aromatic carbocycles. The molecule has 0 rings (SSSR count). The lowest BCUT2D eigenvalue weighted by Gasteiger charge is -2.24. The number of hydrogen-bond acceptors (Lipinski definition) is 5. The molecule has 348 valence electrons. The monoisotopic (exact) mass is 840 g/mol. The van der Waals surface area contributed by atoms with Crippen molar-refractivity contribution in [2.45, 2.75) is 264 Å². The Labute approximate surface area is 371 Å². The Morgan fingerprint density at radius 1 is 0.500 bits per heavy atom. The molecule has 0 spiro atoms. The third-order valence-corrected chi connectivity index (χ3v) is 11.4. The molecule has 0 fully saturated rings. The van der Waals surface area contributed by atoms with E-state index in [0.717, 1.165) is 96.3 Å². The van der Waals surface area contributed by atoms with Crippen molar-refractivity contribution >= 4 is 11.9 Å². The Hall–Kier alpha value is -2.44. The first-order chi connectivity index (χ1) is 29.5. The van der Waals surface area contributed by atoms with Crippen LogP contribution in [0, 0.1) is 0 Å². The van der Waals surface area contributed by atoms with Crippen LogP contribution in [0.5, 0.6) is 0 Å². The third-order valence-electron chi connectivity index (χ3n) is 11.4. The number of rotatable bonds is 45. The van der Waals surface area contributed by atoms with Crippen molar-refractivity contribution in [2.24, 2.45) is 0 Å². The molecule has 0 heterocycles. The van der Waals surface area contributed by atoms with Crippen molar-refractivity contribution in [3.8, 4) is 0 Å². The largest absolute Gasteiger partial charge is 0.462 e. The first-order valence-corrected chi connectivity index (χ1v) is 25.6. The first-order valence-electron chi connectivity index (χ1n) is 25.6. The van der Waals surface area contributed by atoms with Gasteiger partial charge in [-0.1, -0.05) is 223 Å². The van der Waals surface area contributed by atoms with Crippen LogP contribution >= 0.6 is 0 Å². The van der Waals surface area contributed by atoms with Gasteiger partial charge in [0.15, 0.2) is 0 Å². The van der Waals surface area contributed by atoms with E-state index in [9.17, 15) is 19.8 Å². The molecule has 3 N–H and O–H groups in total. The summed E-state index contributed by atoms with van der Waals surface area (Å²) in [6.45, 7) is 6.33. The minimum Gasteiger partial charge on any atom is -0.462 e. The lowest BCUT2D eigenvalue weighted by molar-refractivity contribution is -0.151. The zero-order valence-electron chi connectivity index (χ0n) is 39.6. The highest BCUT2D eigenvalue weighted by atomic mass is 16.5. The van der Waals surface area contributed by atoms with E-state index in [1.54, 1.807) is 0 Å². The maximum Gasteiger partial charge on any atom is 0.306 e. The molecule has 0 radical (unpaired) electrons. The van der Waals surface area contributed by atoms with E-state index < -0.39 is 18.2 Å². The van der Waals surface area contributed by atoms with Crippen molar-refractivity contribution in [2.75, 3.05) is 6.61 Å². The Bertz CT molecular complexity index is 1080. The topological polar surface area (TPSA) is 95.9 Å². The fraction of sp³-hybridized carbons (Fsp3) is 0.778. The van der Waals surface area contributed by atoms with E-state index in [4.69, 9.17) is 4.74 Å². The molecule has 0 bridgehead atoms. The van der Waals surface area contributed by atoms with Crippen molar-refractivity contribution in [3.63, 3.8) is 0 Å². The van der Waals surface area contributed by atoms with Crippen LogP contribution in [0.2, 0.25) is 0 Å². The molecule has 0 aromatic heterocycles. The number of ether oxygens (including phenoxy) is 1.